The SMILES string of the molecule is CCCCN(C(=O)CN1C[C@H](c2ccc3c(c2)OCO3)C(C(=O)O)[C@@H]1CCn1cc2ccccc2c1O)c1cccnc1. The zero-order valence-corrected chi connectivity index (χ0v) is 24.1. The first-order valence-corrected chi connectivity index (χ1v) is 14.8. The smallest absolute Gasteiger partial charge is 0.308 e. The number of aromatic hydroxyl groups is 1. The van der Waals surface area contributed by atoms with Crippen LogP contribution in [0.5, 0.6) is 17.4 Å². The zero-order chi connectivity index (χ0) is 29.9. The highest BCUT2D eigenvalue weighted by molar-refractivity contribution is 5.94. The number of hydrogen-bond donors (Lipinski definition) is 2. The van der Waals surface area contributed by atoms with Gasteiger partial charge >= 0.3 is 5.97 Å². The molecule has 1 fully saturated rings. The largest absolute Gasteiger partial charge is 0.494 e. The summed E-state index contributed by atoms with van der Waals surface area (Å²) in [5, 5.41) is 23.1. The van der Waals surface area contributed by atoms with E-state index in [9.17, 15) is 19.8 Å². The van der Waals surface area contributed by atoms with Crippen molar-refractivity contribution in [3.63, 3.8) is 0 Å². The van der Waals surface area contributed by atoms with Crippen LogP contribution < -0.4 is 14.4 Å². The lowest BCUT2D eigenvalue weighted by Gasteiger charge is -2.30. The Morgan fingerprint density at radius 2 is 1.93 bits per heavy atom. The number of ether oxygens (including phenoxy) is 2. The number of pyridine rings is 1. The van der Waals surface area contributed by atoms with E-state index in [0.29, 0.717) is 37.6 Å². The lowest BCUT2D eigenvalue weighted by molar-refractivity contribution is -0.143. The molecule has 2 aromatic heterocycles. The Kier molecular flexibility index (Phi) is 8.20. The van der Waals surface area contributed by atoms with Crippen molar-refractivity contribution < 1.29 is 29.3 Å². The molecule has 0 spiro atoms. The summed E-state index contributed by atoms with van der Waals surface area (Å²) in [4.78, 5) is 34.8. The van der Waals surface area contributed by atoms with E-state index in [0.717, 1.165) is 34.9 Å². The van der Waals surface area contributed by atoms with Crippen molar-refractivity contribution in [3.8, 4) is 17.4 Å². The first kappa shape index (κ1) is 28.5. The van der Waals surface area contributed by atoms with Gasteiger partial charge in [0.1, 0.15) is 0 Å². The number of carboxylic acids is 1. The third-order valence-electron chi connectivity index (χ3n) is 8.62. The number of anilines is 1. The summed E-state index contributed by atoms with van der Waals surface area (Å²) in [6.45, 7) is 3.61. The average molecular weight is 585 g/mol. The first-order valence-electron chi connectivity index (χ1n) is 14.8. The summed E-state index contributed by atoms with van der Waals surface area (Å²) in [6, 6.07) is 16.4. The summed E-state index contributed by atoms with van der Waals surface area (Å²) in [7, 11) is 0. The second-order valence-corrected chi connectivity index (χ2v) is 11.2. The van der Waals surface area contributed by atoms with Crippen LogP contribution in [0.4, 0.5) is 5.69 Å². The molecule has 0 saturated carbocycles. The molecule has 2 N–H and O–H groups in total. The fourth-order valence-electron chi connectivity index (χ4n) is 6.46. The molecule has 10 nitrogen and oxygen atoms in total. The number of hydrogen-bond acceptors (Lipinski definition) is 7. The molecule has 2 aliphatic heterocycles. The maximum absolute atomic E-state index is 13.9. The van der Waals surface area contributed by atoms with Gasteiger partial charge in [-0.1, -0.05) is 37.6 Å². The molecule has 1 amide bonds. The molecule has 0 bridgehead atoms. The molecule has 4 heterocycles. The molecule has 0 aliphatic carbocycles. The number of unbranched alkanes of at least 4 members (excludes halogenated alkanes) is 1. The van der Waals surface area contributed by atoms with Crippen LogP contribution in [0.2, 0.25) is 0 Å². The van der Waals surface area contributed by atoms with Crippen LogP contribution in [-0.4, -0.2) is 69.0 Å². The van der Waals surface area contributed by atoms with E-state index in [-0.39, 0.29) is 31.0 Å². The van der Waals surface area contributed by atoms with Crippen LogP contribution >= 0.6 is 0 Å². The number of carbonyl (C=O) groups excluding carboxylic acids is 1. The van der Waals surface area contributed by atoms with E-state index in [4.69, 9.17) is 9.47 Å². The fourth-order valence-corrected chi connectivity index (χ4v) is 6.46. The van der Waals surface area contributed by atoms with E-state index in [1.165, 1.54) is 0 Å². The van der Waals surface area contributed by atoms with Gasteiger partial charge in [0.15, 0.2) is 17.4 Å². The minimum atomic E-state index is -0.917. The molecule has 224 valence electrons. The van der Waals surface area contributed by atoms with Crippen molar-refractivity contribution >= 4 is 28.3 Å². The number of rotatable bonds is 11. The summed E-state index contributed by atoms with van der Waals surface area (Å²) in [5.74, 6) is -0.782. The maximum Gasteiger partial charge on any atom is 0.308 e. The van der Waals surface area contributed by atoms with Gasteiger partial charge in [-0.15, -0.1) is 0 Å². The highest BCUT2D eigenvalue weighted by Crippen LogP contribution is 2.43. The molecule has 1 unspecified atom stereocenters. The zero-order valence-electron chi connectivity index (χ0n) is 24.1. The van der Waals surface area contributed by atoms with Gasteiger partial charge in [-0.25, -0.2) is 0 Å². The van der Waals surface area contributed by atoms with Gasteiger partial charge in [0.2, 0.25) is 12.7 Å². The minimum absolute atomic E-state index is 0.0632. The molecular weight excluding hydrogens is 548 g/mol. The topological polar surface area (TPSA) is 117 Å². The number of likely N-dealkylation sites (tertiary alicyclic amines) is 1. The number of amides is 1. The summed E-state index contributed by atoms with van der Waals surface area (Å²) >= 11 is 0. The Morgan fingerprint density at radius 1 is 1.09 bits per heavy atom. The second kappa shape index (κ2) is 12.3. The van der Waals surface area contributed by atoms with E-state index in [1.807, 2.05) is 65.7 Å². The van der Waals surface area contributed by atoms with E-state index >= 15 is 0 Å². The van der Waals surface area contributed by atoms with Crippen LogP contribution in [0, 0.1) is 5.92 Å². The van der Waals surface area contributed by atoms with Crippen molar-refractivity contribution in [2.24, 2.45) is 5.92 Å². The van der Waals surface area contributed by atoms with Crippen molar-refractivity contribution in [3.05, 3.63) is 78.8 Å². The van der Waals surface area contributed by atoms with Gasteiger partial charge in [0, 0.05) is 54.8 Å². The number of carboxylic acid groups (broad SMARTS) is 1. The quantitative estimate of drug-likeness (QED) is 0.257. The standard InChI is InChI=1S/C33H36N4O6/c1-2-3-14-37(24-8-6-13-34-17-24)30(38)20-36-19-26(22-10-11-28-29(16-22)43-21-42-28)31(33(40)41)27(36)12-15-35-18-23-7-4-5-9-25(23)32(35)39/h4-11,13,16-18,26-27,31,39H,2-3,12,14-15,19-21H2,1H3,(H,40,41)/t26-,27+,31?/m1/s1. The molecule has 10 heteroatoms. The van der Waals surface area contributed by atoms with Crippen molar-refractivity contribution in [2.45, 2.75) is 44.7 Å². The van der Waals surface area contributed by atoms with Crippen LogP contribution in [0.1, 0.15) is 37.7 Å². The number of aromatic nitrogens is 2. The van der Waals surface area contributed by atoms with Crippen LogP contribution in [-0.2, 0) is 16.1 Å². The third-order valence-corrected chi connectivity index (χ3v) is 8.62. The second-order valence-electron chi connectivity index (χ2n) is 11.2. The molecule has 0 radical (unpaired) electrons. The van der Waals surface area contributed by atoms with Gasteiger partial charge in [-0.3, -0.25) is 19.5 Å². The fraction of sp³-hybridized carbons (Fsp3) is 0.364. The molecule has 2 aliphatic rings. The highest BCUT2D eigenvalue weighted by Gasteiger charge is 2.47. The normalized spacial score (nSPS) is 19.6. The van der Waals surface area contributed by atoms with Gasteiger partial charge in [-0.05, 0) is 48.7 Å². The predicted molar refractivity (Wildman–Crippen MR) is 162 cm³/mol. The molecule has 3 atom stereocenters. The molecule has 1 saturated heterocycles. The van der Waals surface area contributed by atoms with Gasteiger partial charge in [0.25, 0.3) is 0 Å². The van der Waals surface area contributed by atoms with Crippen molar-refractivity contribution in [1.29, 1.82) is 0 Å². The number of aryl methyl sites for hydroxylation is 1. The summed E-state index contributed by atoms with van der Waals surface area (Å²) < 4.78 is 12.8. The monoisotopic (exact) mass is 584 g/mol. The van der Waals surface area contributed by atoms with Crippen LogP contribution in [0.15, 0.2) is 73.2 Å². The number of aliphatic carboxylic acids is 1. The first-order chi connectivity index (χ1) is 20.9. The number of nitrogens with zero attached hydrogens (tertiary/aromatic N) is 4. The Hall–Kier alpha value is -4.57. The van der Waals surface area contributed by atoms with Crippen molar-refractivity contribution in [2.75, 3.05) is 31.3 Å². The molecule has 4 aromatic rings. The highest BCUT2D eigenvalue weighted by atomic mass is 16.7. The number of fused-ring (bicyclic) bond motifs is 2. The average Bonchev–Trinajstić information content (AvgIpc) is 3.72. The Bertz CT molecular complexity index is 1610. The van der Waals surface area contributed by atoms with Gasteiger partial charge in [0.05, 0.1) is 24.3 Å². The van der Waals surface area contributed by atoms with Gasteiger partial charge in [-0.2, -0.15) is 0 Å². The lowest BCUT2D eigenvalue weighted by Crippen LogP contribution is -2.45. The molecular formula is C33H36N4O6. The van der Waals surface area contributed by atoms with E-state index in [1.54, 1.807) is 21.9 Å². The Labute approximate surface area is 250 Å². The minimum Gasteiger partial charge on any atom is -0.494 e. The maximum atomic E-state index is 13.9. The van der Waals surface area contributed by atoms with E-state index in [2.05, 4.69) is 11.9 Å². The summed E-state index contributed by atoms with van der Waals surface area (Å²) in [6.07, 6.45) is 7.44. The molecule has 43 heavy (non-hydrogen) atoms. The number of carbonyl (C=O) groups is 2. The summed E-state index contributed by atoms with van der Waals surface area (Å²) in [5.41, 5.74) is 1.56. The van der Waals surface area contributed by atoms with E-state index < -0.39 is 17.9 Å². The Morgan fingerprint density at radius 3 is 2.70 bits per heavy atom. The number of benzene rings is 2. The lowest BCUT2D eigenvalue weighted by atomic mass is 9.84. The molecule has 2 aromatic carbocycles. The van der Waals surface area contributed by atoms with Gasteiger partial charge < -0.3 is 29.2 Å². The predicted octanol–water partition coefficient (Wildman–Crippen LogP) is 4.86. The third kappa shape index (κ3) is 5.75. The van der Waals surface area contributed by atoms with Crippen LogP contribution in [0.25, 0.3) is 10.8 Å². The Balaban J connectivity index is 1.31. The molecule has 6 rings (SSSR count). The van der Waals surface area contributed by atoms with Crippen molar-refractivity contribution in [1.82, 2.24) is 14.5 Å². The van der Waals surface area contributed by atoms with Crippen LogP contribution in [0.3, 0.4) is 0 Å².